The molecule has 0 spiro atoms. The van der Waals surface area contributed by atoms with Crippen molar-refractivity contribution in [1.29, 1.82) is 0 Å². The first-order valence-electron chi connectivity index (χ1n) is 9.75. The van der Waals surface area contributed by atoms with Gasteiger partial charge in [-0.3, -0.25) is 9.69 Å². The summed E-state index contributed by atoms with van der Waals surface area (Å²) >= 11 is 0. The molecule has 1 saturated heterocycles. The summed E-state index contributed by atoms with van der Waals surface area (Å²) in [5, 5.41) is 10.6. The minimum absolute atomic E-state index is 0. The van der Waals surface area contributed by atoms with Crippen LogP contribution < -0.4 is 10.6 Å². The third-order valence-electron chi connectivity index (χ3n) is 5.08. The van der Waals surface area contributed by atoms with E-state index in [1.165, 1.54) is 6.07 Å². The van der Waals surface area contributed by atoms with Gasteiger partial charge < -0.3 is 10.6 Å². The van der Waals surface area contributed by atoms with E-state index in [0.29, 0.717) is 13.1 Å². The molecule has 0 aliphatic carbocycles. The second kappa shape index (κ2) is 10.3. The maximum Gasteiger partial charge on any atom is 0.234 e. The Hall–Kier alpha value is -2.74. The van der Waals surface area contributed by atoms with E-state index in [2.05, 4.69) is 20.6 Å². The first-order valence-corrected chi connectivity index (χ1v) is 9.75. The molecule has 2 N–H and O–H groups in total. The summed E-state index contributed by atoms with van der Waals surface area (Å²) in [4.78, 5) is 14.6. The average Bonchev–Trinajstić information content (AvgIpc) is 3.22. The number of rotatable bonds is 6. The fourth-order valence-electron chi connectivity index (χ4n) is 3.59. The van der Waals surface area contributed by atoms with E-state index < -0.39 is 0 Å². The van der Waals surface area contributed by atoms with Crippen LogP contribution in [-0.4, -0.2) is 46.8 Å². The third kappa shape index (κ3) is 5.44. The molecule has 0 saturated carbocycles. The molecule has 4 rings (SSSR count). The maximum atomic E-state index is 13.6. The van der Waals surface area contributed by atoms with Gasteiger partial charge in [0.25, 0.3) is 0 Å². The minimum atomic E-state index is -0.257. The van der Waals surface area contributed by atoms with Crippen molar-refractivity contribution < 1.29 is 9.18 Å². The number of carbonyl (C=O) groups excluding carboxylic acids is 1. The lowest BCUT2D eigenvalue weighted by atomic mass is 10.0. The molecule has 2 aromatic carbocycles. The molecule has 158 valence electrons. The average molecular weight is 430 g/mol. The second-order valence-electron chi connectivity index (χ2n) is 7.15. The first-order chi connectivity index (χ1) is 14.2. The molecular formula is C22H25ClFN5O. The van der Waals surface area contributed by atoms with E-state index in [-0.39, 0.29) is 36.7 Å². The van der Waals surface area contributed by atoms with E-state index >= 15 is 0 Å². The molecular weight excluding hydrogens is 405 g/mol. The van der Waals surface area contributed by atoms with Gasteiger partial charge in [-0.1, -0.05) is 30.3 Å². The van der Waals surface area contributed by atoms with Crippen molar-refractivity contribution in [3.05, 3.63) is 83.9 Å². The lowest BCUT2D eigenvalue weighted by Gasteiger charge is -2.36. The number of hydrogen-bond acceptors (Lipinski definition) is 4. The molecule has 6 nitrogen and oxygen atoms in total. The zero-order valence-electron chi connectivity index (χ0n) is 16.5. The van der Waals surface area contributed by atoms with Gasteiger partial charge in [-0.15, -0.1) is 12.4 Å². The molecule has 2 heterocycles. The Morgan fingerprint density at radius 3 is 2.83 bits per heavy atom. The molecule has 1 aromatic heterocycles. The maximum absolute atomic E-state index is 13.6. The molecule has 1 atom stereocenters. The lowest BCUT2D eigenvalue weighted by molar-refractivity contribution is -0.123. The van der Waals surface area contributed by atoms with Gasteiger partial charge in [0.1, 0.15) is 5.82 Å². The summed E-state index contributed by atoms with van der Waals surface area (Å²) in [6, 6.07) is 16.4. The normalized spacial score (nSPS) is 16.6. The van der Waals surface area contributed by atoms with Gasteiger partial charge >= 0.3 is 0 Å². The number of amides is 1. The molecule has 1 amide bonds. The number of hydrogen-bond donors (Lipinski definition) is 2. The van der Waals surface area contributed by atoms with Crippen molar-refractivity contribution in [1.82, 2.24) is 25.3 Å². The van der Waals surface area contributed by atoms with Crippen molar-refractivity contribution in [3.8, 4) is 5.69 Å². The van der Waals surface area contributed by atoms with Crippen molar-refractivity contribution in [2.45, 2.75) is 12.6 Å². The summed E-state index contributed by atoms with van der Waals surface area (Å²) in [5.74, 6) is -0.311. The van der Waals surface area contributed by atoms with Crippen LogP contribution in [0.25, 0.3) is 5.69 Å². The van der Waals surface area contributed by atoms with Crippen LogP contribution in [0.2, 0.25) is 0 Å². The summed E-state index contributed by atoms with van der Waals surface area (Å²) in [6.45, 7) is 2.93. The highest BCUT2D eigenvalue weighted by Gasteiger charge is 2.25. The zero-order chi connectivity index (χ0) is 20.1. The smallest absolute Gasteiger partial charge is 0.234 e. The second-order valence-corrected chi connectivity index (χ2v) is 7.15. The highest BCUT2D eigenvalue weighted by molar-refractivity contribution is 5.85. The SMILES string of the molecule is Cl.O=C(CN1CCNCC1c1cccc(F)c1)NCc1cnn(-c2ccccc2)c1. The number of nitrogens with one attached hydrogen (secondary N) is 2. The number of aromatic nitrogens is 2. The molecule has 0 radical (unpaired) electrons. The van der Waals surface area contributed by atoms with Gasteiger partial charge in [-0.2, -0.15) is 5.10 Å². The number of nitrogens with zero attached hydrogens (tertiary/aromatic N) is 3. The zero-order valence-corrected chi connectivity index (χ0v) is 17.3. The van der Waals surface area contributed by atoms with Crippen LogP contribution in [-0.2, 0) is 11.3 Å². The fourth-order valence-corrected chi connectivity index (χ4v) is 3.59. The van der Waals surface area contributed by atoms with Gasteiger partial charge in [0.2, 0.25) is 5.91 Å². The van der Waals surface area contributed by atoms with Crippen molar-refractivity contribution in [2.24, 2.45) is 0 Å². The topological polar surface area (TPSA) is 62.2 Å². The number of benzene rings is 2. The first kappa shape index (κ1) is 22.0. The Balaban J connectivity index is 0.00000256. The monoisotopic (exact) mass is 429 g/mol. The summed E-state index contributed by atoms with van der Waals surface area (Å²) in [5.41, 5.74) is 2.79. The van der Waals surface area contributed by atoms with Gasteiger partial charge in [0.15, 0.2) is 0 Å². The van der Waals surface area contributed by atoms with Crippen molar-refractivity contribution in [3.63, 3.8) is 0 Å². The summed E-state index contributed by atoms with van der Waals surface area (Å²) in [7, 11) is 0. The third-order valence-corrected chi connectivity index (χ3v) is 5.08. The van der Waals surface area contributed by atoms with Crippen LogP contribution in [0.4, 0.5) is 4.39 Å². The highest BCUT2D eigenvalue weighted by Crippen LogP contribution is 2.22. The number of carbonyl (C=O) groups is 1. The van der Waals surface area contributed by atoms with E-state index in [9.17, 15) is 9.18 Å². The quantitative estimate of drug-likeness (QED) is 0.632. The predicted molar refractivity (Wildman–Crippen MR) is 116 cm³/mol. The Bertz CT molecular complexity index is 965. The van der Waals surface area contributed by atoms with Crippen molar-refractivity contribution in [2.75, 3.05) is 26.2 Å². The van der Waals surface area contributed by atoms with E-state index in [1.807, 2.05) is 42.6 Å². The fraction of sp³-hybridized carbons (Fsp3) is 0.273. The molecule has 3 aromatic rings. The molecule has 1 fully saturated rings. The minimum Gasteiger partial charge on any atom is -0.351 e. The number of halogens is 2. The Kier molecular flexibility index (Phi) is 7.57. The molecule has 0 bridgehead atoms. The van der Waals surface area contributed by atoms with Crippen LogP contribution in [0.3, 0.4) is 0 Å². The Labute approximate surface area is 181 Å². The summed E-state index contributed by atoms with van der Waals surface area (Å²) in [6.07, 6.45) is 3.67. The van der Waals surface area contributed by atoms with Gasteiger partial charge in [-0.25, -0.2) is 9.07 Å². The van der Waals surface area contributed by atoms with E-state index in [1.54, 1.807) is 23.0 Å². The number of para-hydroxylation sites is 1. The number of piperazine rings is 1. The Morgan fingerprint density at radius 2 is 2.03 bits per heavy atom. The molecule has 8 heteroatoms. The molecule has 1 aliphatic heterocycles. The standard InChI is InChI=1S/C22H24FN5O.ClH/c23-19-6-4-5-18(11-19)21-14-24-9-10-27(21)16-22(29)25-12-17-13-26-28(15-17)20-7-2-1-3-8-20;/h1-8,11,13,15,21,24H,9-10,12,14,16H2,(H,25,29);1H. The Morgan fingerprint density at radius 1 is 1.20 bits per heavy atom. The van der Waals surface area contributed by atoms with Gasteiger partial charge in [0, 0.05) is 44.0 Å². The highest BCUT2D eigenvalue weighted by atomic mass is 35.5. The van der Waals surface area contributed by atoms with Crippen LogP contribution in [0.5, 0.6) is 0 Å². The van der Waals surface area contributed by atoms with Crippen LogP contribution >= 0.6 is 12.4 Å². The molecule has 30 heavy (non-hydrogen) atoms. The van der Waals surface area contributed by atoms with Crippen LogP contribution in [0.15, 0.2) is 67.0 Å². The van der Waals surface area contributed by atoms with E-state index in [4.69, 9.17) is 0 Å². The van der Waals surface area contributed by atoms with Crippen LogP contribution in [0, 0.1) is 5.82 Å². The lowest BCUT2D eigenvalue weighted by Crippen LogP contribution is -2.49. The molecule has 1 aliphatic rings. The largest absolute Gasteiger partial charge is 0.351 e. The van der Waals surface area contributed by atoms with Crippen molar-refractivity contribution >= 4 is 18.3 Å². The van der Waals surface area contributed by atoms with Gasteiger partial charge in [0.05, 0.1) is 18.4 Å². The molecule has 1 unspecified atom stereocenters. The van der Waals surface area contributed by atoms with Gasteiger partial charge in [-0.05, 0) is 29.8 Å². The summed E-state index contributed by atoms with van der Waals surface area (Å²) < 4.78 is 15.4. The predicted octanol–water partition coefficient (Wildman–Crippen LogP) is 2.70. The van der Waals surface area contributed by atoms with E-state index in [0.717, 1.165) is 29.9 Å². The van der Waals surface area contributed by atoms with Crippen LogP contribution in [0.1, 0.15) is 17.2 Å².